The number of hydrogen-bond acceptors (Lipinski definition) is 0. The van der Waals surface area contributed by atoms with Crippen molar-refractivity contribution in [2.75, 3.05) is 0 Å². The topological polar surface area (TPSA) is 0 Å². The molecular formula is C12H18. The molecule has 0 N–H and O–H groups in total. The molecule has 0 bridgehead atoms. The maximum atomic E-state index is 2.59. The molecule has 2 atom stereocenters. The summed E-state index contributed by atoms with van der Waals surface area (Å²) in [4.78, 5) is 0. The average molecular weight is 162 g/mol. The van der Waals surface area contributed by atoms with Crippen LogP contribution in [0.4, 0.5) is 0 Å². The van der Waals surface area contributed by atoms with E-state index in [2.05, 4.69) is 19.9 Å². The minimum absolute atomic E-state index is 0.691. The van der Waals surface area contributed by atoms with Crippen LogP contribution >= 0.6 is 0 Å². The second-order valence-electron chi connectivity index (χ2n) is 5.68. The van der Waals surface area contributed by atoms with Crippen molar-refractivity contribution in [3.05, 3.63) is 11.6 Å². The molecule has 0 radical (unpaired) electrons. The van der Waals surface area contributed by atoms with Gasteiger partial charge in [0.15, 0.2) is 0 Å². The molecule has 0 saturated heterocycles. The smallest absolute Gasteiger partial charge is 0.0160 e. The number of hydrogen-bond donors (Lipinski definition) is 0. The van der Waals surface area contributed by atoms with E-state index in [0.29, 0.717) is 5.41 Å². The fourth-order valence-electron chi connectivity index (χ4n) is 2.77. The zero-order valence-electron chi connectivity index (χ0n) is 8.14. The molecule has 0 aromatic rings. The molecule has 3 aliphatic rings. The van der Waals surface area contributed by atoms with Crippen LogP contribution in [0.3, 0.4) is 0 Å². The van der Waals surface area contributed by atoms with Crippen LogP contribution in [0.1, 0.15) is 39.5 Å². The van der Waals surface area contributed by atoms with Gasteiger partial charge in [0.2, 0.25) is 0 Å². The van der Waals surface area contributed by atoms with Gasteiger partial charge in [0, 0.05) is 0 Å². The van der Waals surface area contributed by atoms with Gasteiger partial charge in [-0.1, -0.05) is 25.5 Å². The quantitative estimate of drug-likeness (QED) is 0.546. The first-order chi connectivity index (χ1) is 5.67. The summed E-state index contributed by atoms with van der Waals surface area (Å²) in [6.45, 7) is 4.83. The lowest BCUT2D eigenvalue weighted by Gasteiger charge is -2.27. The molecule has 0 nitrogen and oxygen atoms in total. The zero-order chi connectivity index (χ0) is 8.34. The Hall–Kier alpha value is -0.260. The molecule has 0 spiro atoms. The highest BCUT2D eigenvalue weighted by Gasteiger charge is 2.51. The van der Waals surface area contributed by atoms with E-state index in [1.54, 1.807) is 0 Å². The summed E-state index contributed by atoms with van der Waals surface area (Å²) < 4.78 is 0. The maximum absolute atomic E-state index is 2.59. The Morgan fingerprint density at radius 2 is 1.92 bits per heavy atom. The van der Waals surface area contributed by atoms with Crippen LogP contribution in [-0.4, -0.2) is 0 Å². The summed E-state index contributed by atoms with van der Waals surface area (Å²) >= 11 is 0. The summed E-state index contributed by atoms with van der Waals surface area (Å²) in [5.74, 6) is 3.07. The Morgan fingerprint density at radius 3 is 2.33 bits per heavy atom. The second-order valence-corrected chi connectivity index (χ2v) is 5.68. The van der Waals surface area contributed by atoms with Crippen LogP contribution < -0.4 is 0 Å². The van der Waals surface area contributed by atoms with Gasteiger partial charge in [-0.3, -0.25) is 0 Å². The summed E-state index contributed by atoms with van der Waals surface area (Å²) in [6, 6.07) is 0. The van der Waals surface area contributed by atoms with E-state index in [-0.39, 0.29) is 0 Å². The van der Waals surface area contributed by atoms with E-state index in [1.807, 2.05) is 5.57 Å². The molecule has 0 aromatic carbocycles. The lowest BCUT2D eigenvalue weighted by Crippen LogP contribution is -2.15. The predicted octanol–water partition coefficient (Wildman–Crippen LogP) is 3.39. The van der Waals surface area contributed by atoms with Gasteiger partial charge in [-0.05, 0) is 48.9 Å². The van der Waals surface area contributed by atoms with Crippen LogP contribution in [-0.2, 0) is 0 Å². The number of rotatable bonds is 2. The van der Waals surface area contributed by atoms with Crippen molar-refractivity contribution in [3.8, 4) is 0 Å². The van der Waals surface area contributed by atoms with Gasteiger partial charge in [0.25, 0.3) is 0 Å². The zero-order valence-corrected chi connectivity index (χ0v) is 8.14. The fraction of sp³-hybridized carbons (Fsp3) is 0.833. The number of allylic oxidation sites excluding steroid dienone is 2. The molecule has 0 amide bonds. The molecule has 2 saturated carbocycles. The standard InChI is InChI=1S/C12H18/c1-12(2)7-11(12)10-5-9(6-10)8-3-4-8/h5,8,10-11H,3-4,6-7H2,1-2H3. The van der Waals surface area contributed by atoms with Crippen LogP contribution in [0, 0.1) is 23.2 Å². The summed E-state index contributed by atoms with van der Waals surface area (Å²) in [6.07, 6.45) is 8.52. The van der Waals surface area contributed by atoms with E-state index in [9.17, 15) is 0 Å². The average Bonchev–Trinajstić information content (AvgIpc) is 2.70. The third-order valence-electron chi connectivity index (χ3n) is 4.11. The van der Waals surface area contributed by atoms with Gasteiger partial charge in [-0.25, -0.2) is 0 Å². The predicted molar refractivity (Wildman–Crippen MR) is 50.8 cm³/mol. The monoisotopic (exact) mass is 162 g/mol. The van der Waals surface area contributed by atoms with Crippen molar-refractivity contribution in [1.29, 1.82) is 0 Å². The Morgan fingerprint density at radius 1 is 1.33 bits per heavy atom. The van der Waals surface area contributed by atoms with E-state index < -0.39 is 0 Å². The minimum atomic E-state index is 0.691. The van der Waals surface area contributed by atoms with E-state index in [1.165, 1.54) is 25.7 Å². The summed E-state index contributed by atoms with van der Waals surface area (Å²) in [7, 11) is 0. The third kappa shape index (κ3) is 0.967. The first kappa shape index (κ1) is 7.17. The van der Waals surface area contributed by atoms with Gasteiger partial charge in [0.1, 0.15) is 0 Å². The minimum Gasteiger partial charge on any atom is -0.0813 e. The molecule has 0 heteroatoms. The molecule has 3 aliphatic carbocycles. The van der Waals surface area contributed by atoms with Crippen molar-refractivity contribution < 1.29 is 0 Å². The van der Waals surface area contributed by atoms with Crippen LogP contribution in [0.15, 0.2) is 11.6 Å². The highest BCUT2D eigenvalue weighted by molar-refractivity contribution is 5.26. The Bertz CT molecular complexity index is 243. The lowest BCUT2D eigenvalue weighted by atomic mass is 9.79. The molecule has 0 aromatic heterocycles. The molecule has 0 aliphatic heterocycles. The van der Waals surface area contributed by atoms with Gasteiger partial charge in [-0.2, -0.15) is 0 Å². The van der Waals surface area contributed by atoms with Crippen molar-refractivity contribution in [2.45, 2.75) is 39.5 Å². The Balaban J connectivity index is 1.62. The van der Waals surface area contributed by atoms with Crippen LogP contribution in [0.5, 0.6) is 0 Å². The third-order valence-corrected chi connectivity index (χ3v) is 4.11. The largest absolute Gasteiger partial charge is 0.0813 e. The van der Waals surface area contributed by atoms with Crippen molar-refractivity contribution in [1.82, 2.24) is 0 Å². The van der Waals surface area contributed by atoms with E-state index in [4.69, 9.17) is 0 Å². The Labute approximate surface area is 75.0 Å². The summed E-state index contributed by atoms with van der Waals surface area (Å²) in [5.41, 5.74) is 2.50. The van der Waals surface area contributed by atoms with E-state index in [0.717, 1.165) is 17.8 Å². The highest BCUT2D eigenvalue weighted by atomic mass is 14.6. The highest BCUT2D eigenvalue weighted by Crippen LogP contribution is 2.61. The van der Waals surface area contributed by atoms with Crippen LogP contribution in [0.25, 0.3) is 0 Å². The van der Waals surface area contributed by atoms with Crippen LogP contribution in [0.2, 0.25) is 0 Å². The first-order valence-corrected chi connectivity index (χ1v) is 5.37. The summed E-state index contributed by atoms with van der Waals surface area (Å²) in [5, 5.41) is 0. The van der Waals surface area contributed by atoms with Gasteiger partial charge in [0.05, 0.1) is 0 Å². The van der Waals surface area contributed by atoms with E-state index >= 15 is 0 Å². The van der Waals surface area contributed by atoms with Crippen molar-refractivity contribution in [2.24, 2.45) is 23.2 Å². The molecular weight excluding hydrogens is 144 g/mol. The maximum Gasteiger partial charge on any atom is -0.0160 e. The molecule has 3 rings (SSSR count). The second kappa shape index (κ2) is 1.97. The molecule has 12 heavy (non-hydrogen) atoms. The van der Waals surface area contributed by atoms with Crippen molar-refractivity contribution in [3.63, 3.8) is 0 Å². The normalized spacial score (nSPS) is 43.3. The van der Waals surface area contributed by atoms with Gasteiger partial charge >= 0.3 is 0 Å². The fourth-order valence-corrected chi connectivity index (χ4v) is 2.77. The lowest BCUT2D eigenvalue weighted by molar-refractivity contribution is 0.415. The van der Waals surface area contributed by atoms with Gasteiger partial charge in [-0.15, -0.1) is 0 Å². The molecule has 0 heterocycles. The molecule has 2 fully saturated rings. The van der Waals surface area contributed by atoms with Gasteiger partial charge < -0.3 is 0 Å². The molecule has 2 unspecified atom stereocenters. The molecule has 66 valence electrons. The Kier molecular flexibility index (Phi) is 1.18. The first-order valence-electron chi connectivity index (χ1n) is 5.37. The SMILES string of the molecule is CC1(C)CC1C1C=C(C2CC2)C1. The van der Waals surface area contributed by atoms with Crippen molar-refractivity contribution >= 4 is 0 Å².